The highest BCUT2D eigenvalue weighted by Crippen LogP contribution is 2.47. The van der Waals surface area contributed by atoms with Crippen molar-refractivity contribution in [3.05, 3.63) is 51.9 Å². The third-order valence-corrected chi connectivity index (χ3v) is 7.27. The summed E-state index contributed by atoms with van der Waals surface area (Å²) in [6.07, 6.45) is 3.48. The van der Waals surface area contributed by atoms with Crippen LogP contribution in [0.4, 0.5) is 5.82 Å². The first-order valence-electron chi connectivity index (χ1n) is 10.7. The molecule has 3 aromatic rings. The van der Waals surface area contributed by atoms with Gasteiger partial charge < -0.3 is 9.47 Å². The Morgan fingerprint density at radius 1 is 1.28 bits per heavy atom. The smallest absolute Gasteiger partial charge is 0.271 e. The predicted molar refractivity (Wildman–Crippen MR) is 126 cm³/mol. The second-order valence-electron chi connectivity index (χ2n) is 8.86. The van der Waals surface area contributed by atoms with E-state index in [1.54, 1.807) is 18.9 Å². The molecule has 2 aliphatic rings. The Labute approximate surface area is 190 Å². The van der Waals surface area contributed by atoms with Crippen molar-refractivity contribution in [3.63, 3.8) is 0 Å². The van der Waals surface area contributed by atoms with Gasteiger partial charge in [-0.25, -0.2) is 4.99 Å². The summed E-state index contributed by atoms with van der Waals surface area (Å²) in [5.74, 6) is 1.51. The molecule has 2 atom stereocenters. The van der Waals surface area contributed by atoms with Crippen molar-refractivity contribution in [3.8, 4) is 17.0 Å². The number of hydrogen-bond acceptors (Lipinski definition) is 6. The monoisotopic (exact) mass is 453 g/mol. The molecule has 168 valence electrons. The van der Waals surface area contributed by atoms with E-state index in [1.165, 1.54) is 0 Å². The van der Waals surface area contributed by atoms with Gasteiger partial charge in [-0.1, -0.05) is 11.8 Å². The summed E-state index contributed by atoms with van der Waals surface area (Å²) in [5.41, 5.74) is 3.20. The largest absolute Gasteiger partial charge is 0.497 e. The number of aliphatic imine (C=N–C) groups is 1. The Morgan fingerprint density at radius 3 is 2.78 bits per heavy atom. The van der Waals surface area contributed by atoms with Crippen LogP contribution in [-0.2, 0) is 4.74 Å². The Hall–Kier alpha value is -2.78. The molecular formula is C23H27N5O3S. The van der Waals surface area contributed by atoms with Gasteiger partial charge in [0.2, 0.25) is 0 Å². The van der Waals surface area contributed by atoms with Crippen molar-refractivity contribution < 1.29 is 9.47 Å². The number of aromatic nitrogens is 4. The molecule has 0 bridgehead atoms. The molecule has 1 saturated heterocycles. The maximum Gasteiger partial charge on any atom is 0.271 e. The van der Waals surface area contributed by atoms with Gasteiger partial charge in [-0.05, 0) is 57.9 Å². The molecule has 4 heterocycles. The molecule has 1 aromatic carbocycles. The zero-order chi connectivity index (χ0) is 22.5. The number of benzene rings is 1. The number of rotatable bonds is 4. The molecule has 0 amide bonds. The number of H-pyrrole nitrogens is 2. The number of ether oxygens (including phenoxy) is 2. The van der Waals surface area contributed by atoms with Gasteiger partial charge in [0.25, 0.3) is 5.56 Å². The van der Waals surface area contributed by atoms with Crippen LogP contribution in [0.25, 0.3) is 11.3 Å². The third-order valence-electron chi connectivity index (χ3n) is 6.12. The molecule has 0 aliphatic carbocycles. The van der Waals surface area contributed by atoms with Gasteiger partial charge in [-0.2, -0.15) is 5.10 Å². The van der Waals surface area contributed by atoms with E-state index in [0.717, 1.165) is 46.3 Å². The van der Waals surface area contributed by atoms with Crippen LogP contribution in [0.3, 0.4) is 0 Å². The average molecular weight is 454 g/mol. The van der Waals surface area contributed by atoms with Crippen LogP contribution >= 0.6 is 11.8 Å². The first-order valence-corrected chi connectivity index (χ1v) is 11.6. The third kappa shape index (κ3) is 3.69. The van der Waals surface area contributed by atoms with E-state index in [2.05, 4.69) is 29.1 Å². The highest BCUT2D eigenvalue weighted by molar-refractivity contribution is 8.14. The van der Waals surface area contributed by atoms with Gasteiger partial charge in [0, 0.05) is 17.7 Å². The topological polar surface area (TPSA) is 97.3 Å². The quantitative estimate of drug-likeness (QED) is 0.602. The van der Waals surface area contributed by atoms with E-state index in [4.69, 9.17) is 14.5 Å². The van der Waals surface area contributed by atoms with Crippen LogP contribution in [0, 0.1) is 0 Å². The fraction of sp³-hybridized carbons (Fsp3) is 0.435. The molecule has 32 heavy (non-hydrogen) atoms. The van der Waals surface area contributed by atoms with Crippen LogP contribution in [0.15, 0.2) is 40.2 Å². The van der Waals surface area contributed by atoms with E-state index in [0.29, 0.717) is 12.2 Å². The van der Waals surface area contributed by atoms with E-state index in [9.17, 15) is 4.79 Å². The lowest BCUT2D eigenvalue weighted by atomic mass is 9.94. The minimum Gasteiger partial charge on any atom is -0.497 e. The minimum absolute atomic E-state index is 0.0973. The summed E-state index contributed by atoms with van der Waals surface area (Å²) < 4.78 is 13.1. The van der Waals surface area contributed by atoms with Gasteiger partial charge in [0.05, 0.1) is 46.5 Å². The van der Waals surface area contributed by atoms with Crippen molar-refractivity contribution in [1.82, 2.24) is 20.0 Å². The highest BCUT2D eigenvalue weighted by atomic mass is 32.2. The van der Waals surface area contributed by atoms with E-state index in [1.807, 2.05) is 42.1 Å². The Kier molecular flexibility index (Phi) is 5.25. The Morgan fingerprint density at radius 2 is 2.06 bits per heavy atom. The first kappa shape index (κ1) is 21.1. The molecule has 1 fully saturated rings. The SMILES string of the molecule is COc1ccc(-c2[nH]ncc2C2SC(C)=Nc3c2c(=O)[nH]n3C2CCOC(C)(C)C2)cc1. The lowest BCUT2D eigenvalue weighted by Crippen LogP contribution is -2.35. The standard InChI is InChI=1S/C23H27N5O3S/c1-13-25-21-18(22(29)27-28(21)15-9-10-31-23(2,3)11-15)20(32-13)17-12-24-26-19(17)14-5-7-16(30-4)8-6-14/h5-8,12,15,20H,9-11H2,1-4H3,(H,24,26)(H,27,29). The summed E-state index contributed by atoms with van der Waals surface area (Å²) in [5, 5.41) is 11.2. The normalized spacial score (nSPS) is 22.3. The fourth-order valence-corrected chi connectivity index (χ4v) is 5.71. The van der Waals surface area contributed by atoms with Gasteiger partial charge in [-0.3, -0.25) is 19.7 Å². The zero-order valence-electron chi connectivity index (χ0n) is 18.6. The number of methoxy groups -OCH3 is 1. The summed E-state index contributed by atoms with van der Waals surface area (Å²) in [6, 6.07) is 7.96. The molecule has 0 radical (unpaired) electrons. The van der Waals surface area contributed by atoms with Gasteiger partial charge in [-0.15, -0.1) is 0 Å². The summed E-state index contributed by atoms with van der Waals surface area (Å²) in [4.78, 5) is 18.0. The van der Waals surface area contributed by atoms with Crippen molar-refractivity contribution >= 4 is 22.6 Å². The number of aromatic amines is 2. The summed E-state index contributed by atoms with van der Waals surface area (Å²) >= 11 is 1.58. The second-order valence-corrected chi connectivity index (χ2v) is 10.2. The molecule has 8 nitrogen and oxygen atoms in total. The van der Waals surface area contributed by atoms with Gasteiger partial charge >= 0.3 is 0 Å². The zero-order valence-corrected chi connectivity index (χ0v) is 19.5. The Balaban J connectivity index is 1.57. The molecule has 0 spiro atoms. The van der Waals surface area contributed by atoms with E-state index in [-0.39, 0.29) is 22.5 Å². The highest BCUT2D eigenvalue weighted by Gasteiger charge is 2.36. The van der Waals surface area contributed by atoms with Crippen molar-refractivity contribution in [2.75, 3.05) is 13.7 Å². The number of fused-ring (bicyclic) bond motifs is 1. The molecule has 2 unspecified atom stereocenters. The first-order chi connectivity index (χ1) is 15.4. The van der Waals surface area contributed by atoms with Crippen LogP contribution in [0.5, 0.6) is 5.75 Å². The minimum atomic E-state index is -0.232. The lowest BCUT2D eigenvalue weighted by Gasteiger charge is -2.36. The molecule has 2 N–H and O–H groups in total. The second kappa shape index (κ2) is 7.97. The number of nitrogens with one attached hydrogen (secondary N) is 2. The van der Waals surface area contributed by atoms with Crippen LogP contribution in [0.2, 0.25) is 0 Å². The summed E-state index contributed by atoms with van der Waals surface area (Å²) in [7, 11) is 1.65. The van der Waals surface area contributed by atoms with Crippen LogP contribution in [-0.4, -0.2) is 44.3 Å². The fourth-order valence-electron chi connectivity index (χ4n) is 4.60. The van der Waals surface area contributed by atoms with Crippen molar-refractivity contribution in [2.24, 2.45) is 4.99 Å². The Bertz CT molecular complexity index is 1220. The van der Waals surface area contributed by atoms with Crippen LogP contribution < -0.4 is 10.3 Å². The number of hydrogen-bond donors (Lipinski definition) is 2. The molecule has 2 aliphatic heterocycles. The van der Waals surface area contributed by atoms with Gasteiger partial charge in [0.15, 0.2) is 5.82 Å². The van der Waals surface area contributed by atoms with E-state index >= 15 is 0 Å². The average Bonchev–Trinajstić information content (AvgIpc) is 3.38. The molecule has 9 heteroatoms. The van der Waals surface area contributed by atoms with Crippen molar-refractivity contribution in [2.45, 2.75) is 50.5 Å². The maximum absolute atomic E-state index is 13.2. The summed E-state index contributed by atoms with van der Waals surface area (Å²) in [6.45, 7) is 6.83. The number of thioether (sulfide) groups is 1. The van der Waals surface area contributed by atoms with E-state index < -0.39 is 0 Å². The molecule has 5 rings (SSSR count). The maximum atomic E-state index is 13.2. The molecule has 0 saturated carbocycles. The lowest BCUT2D eigenvalue weighted by molar-refractivity contribution is -0.0705. The van der Waals surface area contributed by atoms with Crippen molar-refractivity contribution in [1.29, 1.82) is 0 Å². The van der Waals surface area contributed by atoms with Crippen LogP contribution in [0.1, 0.15) is 56.0 Å². The van der Waals surface area contributed by atoms with Gasteiger partial charge in [0.1, 0.15) is 5.75 Å². The predicted octanol–water partition coefficient (Wildman–Crippen LogP) is 4.59. The molecule has 2 aromatic heterocycles. The molecular weight excluding hydrogens is 426 g/mol. The number of nitrogens with zero attached hydrogens (tertiary/aromatic N) is 3.